The lowest BCUT2D eigenvalue weighted by Gasteiger charge is -2.35. The van der Waals surface area contributed by atoms with Crippen LogP contribution in [0.3, 0.4) is 0 Å². The normalized spacial score (nSPS) is 15.9. The van der Waals surface area contributed by atoms with Crippen molar-refractivity contribution in [1.29, 1.82) is 0 Å². The number of aryl methyl sites for hydroxylation is 2. The van der Waals surface area contributed by atoms with E-state index in [0.29, 0.717) is 24.0 Å². The maximum atomic E-state index is 13.2. The van der Waals surface area contributed by atoms with E-state index in [1.807, 2.05) is 24.3 Å². The van der Waals surface area contributed by atoms with Crippen LogP contribution in [0.25, 0.3) is 0 Å². The fourth-order valence-electron chi connectivity index (χ4n) is 3.78. The number of nitrogens with one attached hydrogen (secondary N) is 2. The lowest BCUT2D eigenvalue weighted by atomic mass is 9.81. The fraction of sp³-hybridized carbons (Fsp3) is 0.381. The molecule has 0 atom stereocenters. The van der Waals surface area contributed by atoms with E-state index in [2.05, 4.69) is 9.44 Å². The van der Waals surface area contributed by atoms with Gasteiger partial charge in [-0.1, -0.05) is 48.5 Å². The molecule has 0 spiro atoms. The first-order valence-corrected chi connectivity index (χ1v) is 10.7. The monoisotopic (exact) mass is 402 g/mol. The average molecular weight is 403 g/mol. The smallest absolute Gasteiger partial charge is 0.336 e. The van der Waals surface area contributed by atoms with Crippen LogP contribution in [0.15, 0.2) is 48.5 Å². The van der Waals surface area contributed by atoms with E-state index in [9.17, 15) is 13.2 Å². The molecule has 0 saturated heterocycles. The standard InChI is InChI=1S/C21H26N2O4S/c1-20(2,3)22-28(25,26)23-21(19(24)27-4)17-11-7-5-9-15(17)13-14-16-10-6-8-12-18(16)21/h5-12,22-23H,13-14H2,1-4H3. The lowest BCUT2D eigenvalue weighted by molar-refractivity contribution is -0.146. The minimum absolute atomic E-state index is 0.589. The first kappa shape index (κ1) is 20.5. The Morgan fingerprint density at radius 1 is 0.964 bits per heavy atom. The molecule has 0 heterocycles. The summed E-state index contributed by atoms with van der Waals surface area (Å²) in [4.78, 5) is 13.2. The molecule has 0 bridgehead atoms. The molecule has 28 heavy (non-hydrogen) atoms. The molecule has 0 unspecified atom stereocenters. The summed E-state index contributed by atoms with van der Waals surface area (Å²) in [6.45, 7) is 5.23. The summed E-state index contributed by atoms with van der Waals surface area (Å²) in [5, 5.41) is 0. The van der Waals surface area contributed by atoms with E-state index in [0.717, 1.165) is 11.1 Å². The molecule has 0 aromatic heterocycles. The molecule has 7 heteroatoms. The molecule has 0 fully saturated rings. The minimum Gasteiger partial charge on any atom is -0.467 e. The third-order valence-electron chi connectivity index (χ3n) is 4.73. The Hall–Kier alpha value is -2.22. The van der Waals surface area contributed by atoms with Crippen molar-refractivity contribution < 1.29 is 17.9 Å². The molecule has 0 amide bonds. The molecular weight excluding hydrogens is 376 g/mol. The van der Waals surface area contributed by atoms with Crippen molar-refractivity contribution in [3.63, 3.8) is 0 Å². The predicted octanol–water partition coefficient (Wildman–Crippen LogP) is 2.42. The summed E-state index contributed by atoms with van der Waals surface area (Å²) >= 11 is 0. The number of hydrogen-bond acceptors (Lipinski definition) is 4. The van der Waals surface area contributed by atoms with Gasteiger partial charge in [-0.15, -0.1) is 0 Å². The zero-order chi connectivity index (χ0) is 20.6. The third kappa shape index (κ3) is 3.83. The van der Waals surface area contributed by atoms with E-state index >= 15 is 0 Å². The van der Waals surface area contributed by atoms with E-state index in [1.54, 1.807) is 45.0 Å². The van der Waals surface area contributed by atoms with Crippen LogP contribution in [0, 0.1) is 0 Å². The molecule has 0 saturated carbocycles. The zero-order valence-corrected chi connectivity index (χ0v) is 17.4. The van der Waals surface area contributed by atoms with Crippen molar-refractivity contribution in [2.45, 2.75) is 44.7 Å². The second-order valence-corrected chi connectivity index (χ2v) is 9.43. The minimum atomic E-state index is -4.05. The number of carbonyl (C=O) groups is 1. The number of benzene rings is 2. The van der Waals surface area contributed by atoms with Crippen LogP contribution in [0.1, 0.15) is 43.0 Å². The van der Waals surface area contributed by atoms with Gasteiger partial charge in [0.25, 0.3) is 10.2 Å². The van der Waals surface area contributed by atoms with Crippen molar-refractivity contribution in [1.82, 2.24) is 9.44 Å². The summed E-state index contributed by atoms with van der Waals surface area (Å²) in [6, 6.07) is 14.8. The van der Waals surface area contributed by atoms with Gasteiger partial charge < -0.3 is 4.74 Å². The number of carbonyl (C=O) groups excluding carboxylic acids is 1. The summed E-state index contributed by atoms with van der Waals surface area (Å²) in [6.07, 6.45) is 1.39. The third-order valence-corrected chi connectivity index (χ3v) is 6.18. The molecule has 0 radical (unpaired) electrons. The van der Waals surface area contributed by atoms with Gasteiger partial charge in [-0.25, -0.2) is 4.79 Å². The van der Waals surface area contributed by atoms with Gasteiger partial charge >= 0.3 is 5.97 Å². The van der Waals surface area contributed by atoms with Gasteiger partial charge in [0.05, 0.1) is 7.11 Å². The summed E-state index contributed by atoms with van der Waals surface area (Å²) in [5.74, 6) is -0.673. The zero-order valence-electron chi connectivity index (χ0n) is 16.6. The Kier molecular flexibility index (Phi) is 5.36. The molecule has 1 aliphatic rings. The first-order valence-electron chi connectivity index (χ1n) is 9.17. The Bertz CT molecular complexity index is 946. The number of hydrogen-bond donors (Lipinski definition) is 2. The number of methoxy groups -OCH3 is 1. The van der Waals surface area contributed by atoms with Crippen molar-refractivity contribution in [3.05, 3.63) is 70.8 Å². The second-order valence-electron chi connectivity index (χ2n) is 8.01. The molecule has 2 aromatic carbocycles. The number of ether oxygens (including phenoxy) is 1. The van der Waals surface area contributed by atoms with Crippen LogP contribution < -0.4 is 9.44 Å². The maximum absolute atomic E-state index is 13.2. The largest absolute Gasteiger partial charge is 0.467 e. The Balaban J connectivity index is 2.32. The molecule has 6 nitrogen and oxygen atoms in total. The van der Waals surface area contributed by atoms with Crippen LogP contribution in [-0.2, 0) is 38.1 Å². The Morgan fingerprint density at radius 3 is 1.86 bits per heavy atom. The van der Waals surface area contributed by atoms with E-state index in [4.69, 9.17) is 4.74 Å². The predicted molar refractivity (Wildman–Crippen MR) is 108 cm³/mol. The molecule has 0 aliphatic heterocycles. The fourth-order valence-corrected chi connectivity index (χ4v) is 5.34. The number of fused-ring (bicyclic) bond motifs is 2. The highest BCUT2D eigenvalue weighted by Gasteiger charge is 2.50. The summed E-state index contributed by atoms with van der Waals surface area (Å²) in [5.41, 5.74) is 0.602. The maximum Gasteiger partial charge on any atom is 0.336 e. The van der Waals surface area contributed by atoms with Gasteiger partial charge in [0, 0.05) is 5.54 Å². The summed E-state index contributed by atoms with van der Waals surface area (Å²) < 4.78 is 36.5. The Labute approximate surface area is 166 Å². The van der Waals surface area contributed by atoms with Gasteiger partial charge in [-0.3, -0.25) is 0 Å². The van der Waals surface area contributed by atoms with E-state index in [-0.39, 0.29) is 0 Å². The molecule has 2 aromatic rings. The lowest BCUT2D eigenvalue weighted by Crippen LogP contribution is -2.58. The first-order chi connectivity index (χ1) is 13.1. The molecular formula is C21H26N2O4S. The van der Waals surface area contributed by atoms with Crippen LogP contribution in [0.4, 0.5) is 0 Å². The molecule has 2 N–H and O–H groups in total. The van der Waals surface area contributed by atoms with Crippen LogP contribution >= 0.6 is 0 Å². The highest BCUT2D eigenvalue weighted by Crippen LogP contribution is 2.39. The topological polar surface area (TPSA) is 84.5 Å². The van der Waals surface area contributed by atoms with Crippen LogP contribution in [-0.4, -0.2) is 27.0 Å². The van der Waals surface area contributed by atoms with E-state index < -0.39 is 27.3 Å². The molecule has 1 aliphatic carbocycles. The SMILES string of the molecule is COC(=O)C1(NS(=O)(=O)NC(C)(C)C)c2ccccc2CCc2ccccc21. The van der Waals surface area contributed by atoms with Gasteiger partial charge in [-0.2, -0.15) is 17.9 Å². The second kappa shape index (κ2) is 7.31. The van der Waals surface area contributed by atoms with Crippen molar-refractivity contribution in [2.24, 2.45) is 0 Å². The van der Waals surface area contributed by atoms with Gasteiger partial charge in [-0.05, 0) is 55.9 Å². The van der Waals surface area contributed by atoms with Crippen molar-refractivity contribution >= 4 is 16.2 Å². The van der Waals surface area contributed by atoms with Gasteiger partial charge in [0.2, 0.25) is 0 Å². The van der Waals surface area contributed by atoms with Gasteiger partial charge in [0.15, 0.2) is 5.54 Å². The Morgan fingerprint density at radius 2 is 1.43 bits per heavy atom. The van der Waals surface area contributed by atoms with Crippen LogP contribution in [0.5, 0.6) is 0 Å². The van der Waals surface area contributed by atoms with Gasteiger partial charge in [0.1, 0.15) is 0 Å². The van der Waals surface area contributed by atoms with E-state index in [1.165, 1.54) is 7.11 Å². The highest BCUT2D eigenvalue weighted by atomic mass is 32.2. The number of rotatable bonds is 4. The van der Waals surface area contributed by atoms with Crippen molar-refractivity contribution in [3.8, 4) is 0 Å². The van der Waals surface area contributed by atoms with Crippen molar-refractivity contribution in [2.75, 3.05) is 7.11 Å². The average Bonchev–Trinajstić information content (AvgIpc) is 2.75. The molecule has 3 rings (SSSR count). The quantitative estimate of drug-likeness (QED) is 0.770. The molecule has 150 valence electrons. The highest BCUT2D eigenvalue weighted by molar-refractivity contribution is 7.87. The van der Waals surface area contributed by atoms with Crippen LogP contribution in [0.2, 0.25) is 0 Å². The summed E-state index contributed by atoms with van der Waals surface area (Å²) in [7, 11) is -2.79. The number of esters is 1.